The first-order valence-corrected chi connectivity index (χ1v) is 8.74. The summed E-state index contributed by atoms with van der Waals surface area (Å²) in [5.74, 6) is 0. The van der Waals surface area contributed by atoms with Crippen LogP contribution >= 0.6 is 11.3 Å². The fraction of sp³-hybridized carbons (Fsp3) is 0.750. The molecule has 22 heavy (non-hydrogen) atoms. The van der Waals surface area contributed by atoms with E-state index >= 15 is 0 Å². The van der Waals surface area contributed by atoms with E-state index in [0.717, 1.165) is 23.7 Å². The van der Waals surface area contributed by atoms with Gasteiger partial charge in [-0.2, -0.15) is 0 Å². The summed E-state index contributed by atoms with van der Waals surface area (Å²) >= 11 is 1.66. The summed E-state index contributed by atoms with van der Waals surface area (Å²) in [6, 6.07) is 0.187. The van der Waals surface area contributed by atoms with E-state index in [1.807, 2.05) is 27.7 Å². The van der Waals surface area contributed by atoms with Crippen LogP contribution in [0.4, 0.5) is 4.79 Å². The molecule has 1 N–H and O–H groups in total. The number of carbonyl (C=O) groups is 1. The molecule has 0 radical (unpaired) electrons. The van der Waals surface area contributed by atoms with Gasteiger partial charge < -0.3 is 15.0 Å². The van der Waals surface area contributed by atoms with Crippen LogP contribution < -0.4 is 5.32 Å². The van der Waals surface area contributed by atoms with Crippen LogP contribution in [0.1, 0.15) is 57.8 Å². The molecule has 1 aromatic heterocycles. The van der Waals surface area contributed by atoms with Gasteiger partial charge in [0.15, 0.2) is 0 Å². The van der Waals surface area contributed by atoms with E-state index in [-0.39, 0.29) is 12.1 Å². The molecule has 0 aliphatic heterocycles. The van der Waals surface area contributed by atoms with E-state index in [0.29, 0.717) is 13.1 Å². The van der Waals surface area contributed by atoms with Crippen molar-refractivity contribution in [3.8, 4) is 0 Å². The average Bonchev–Trinajstić information content (AvgIpc) is 2.82. The second-order valence-corrected chi connectivity index (χ2v) is 7.50. The normalized spacial score (nSPS) is 13.0. The Morgan fingerprint density at radius 2 is 2.14 bits per heavy atom. The molecule has 0 aliphatic carbocycles. The van der Waals surface area contributed by atoms with Gasteiger partial charge in [-0.3, -0.25) is 0 Å². The number of carbonyl (C=O) groups excluding carboxylic acids is 1. The fourth-order valence-corrected chi connectivity index (χ4v) is 2.70. The molecule has 0 aliphatic rings. The number of aromatic nitrogens is 1. The number of rotatable bonds is 7. The molecule has 1 heterocycles. The second kappa shape index (κ2) is 8.48. The van der Waals surface area contributed by atoms with Crippen LogP contribution in [0.15, 0.2) is 5.38 Å². The lowest BCUT2D eigenvalue weighted by molar-refractivity contribution is 0.0251. The van der Waals surface area contributed by atoms with Crippen molar-refractivity contribution in [2.24, 2.45) is 0 Å². The van der Waals surface area contributed by atoms with Crippen molar-refractivity contribution in [3.05, 3.63) is 16.1 Å². The second-order valence-electron chi connectivity index (χ2n) is 6.43. The SMILES string of the molecule is CCCN(CCNC(C)c1csc(C)n1)C(=O)OC(C)(C)C. The molecule has 0 aromatic carbocycles. The highest BCUT2D eigenvalue weighted by molar-refractivity contribution is 7.09. The number of hydrogen-bond acceptors (Lipinski definition) is 5. The van der Waals surface area contributed by atoms with Gasteiger partial charge in [-0.1, -0.05) is 6.92 Å². The maximum Gasteiger partial charge on any atom is 0.410 e. The largest absolute Gasteiger partial charge is 0.444 e. The zero-order chi connectivity index (χ0) is 16.8. The number of nitrogens with zero attached hydrogens (tertiary/aromatic N) is 2. The van der Waals surface area contributed by atoms with Crippen molar-refractivity contribution in [2.45, 2.75) is 59.6 Å². The molecular formula is C16H29N3O2S. The molecule has 6 heteroatoms. The predicted octanol–water partition coefficient (Wildman–Crippen LogP) is 3.75. The Bertz CT molecular complexity index is 468. The standard InChI is InChI=1S/C16H29N3O2S/c1-7-9-19(15(20)21-16(4,5)6)10-8-17-12(2)14-11-22-13(3)18-14/h11-12,17H,7-10H2,1-6H3. The van der Waals surface area contributed by atoms with Gasteiger partial charge in [0, 0.05) is 31.1 Å². The minimum absolute atomic E-state index is 0.187. The minimum atomic E-state index is -0.456. The van der Waals surface area contributed by atoms with Crippen molar-refractivity contribution >= 4 is 17.4 Å². The summed E-state index contributed by atoms with van der Waals surface area (Å²) in [5, 5.41) is 6.56. The molecule has 1 rings (SSSR count). The number of aryl methyl sites for hydroxylation is 1. The summed E-state index contributed by atoms with van der Waals surface area (Å²) in [5.41, 5.74) is 0.601. The molecule has 0 saturated carbocycles. The summed E-state index contributed by atoms with van der Waals surface area (Å²) in [7, 11) is 0. The monoisotopic (exact) mass is 327 g/mol. The molecule has 5 nitrogen and oxygen atoms in total. The zero-order valence-corrected chi connectivity index (χ0v) is 15.4. The average molecular weight is 327 g/mol. The molecule has 1 aromatic rings. The zero-order valence-electron chi connectivity index (χ0n) is 14.6. The predicted molar refractivity (Wildman–Crippen MR) is 91.4 cm³/mol. The number of thiazole rings is 1. The van der Waals surface area contributed by atoms with Gasteiger partial charge in [-0.25, -0.2) is 9.78 Å². The smallest absolute Gasteiger partial charge is 0.410 e. The van der Waals surface area contributed by atoms with Gasteiger partial charge >= 0.3 is 6.09 Å². The summed E-state index contributed by atoms with van der Waals surface area (Å²) < 4.78 is 5.45. The lowest BCUT2D eigenvalue weighted by Crippen LogP contribution is -2.41. The quantitative estimate of drug-likeness (QED) is 0.828. The third kappa shape index (κ3) is 6.75. The molecule has 0 spiro atoms. The van der Waals surface area contributed by atoms with Gasteiger partial charge in [0.25, 0.3) is 0 Å². The van der Waals surface area contributed by atoms with Crippen LogP contribution in [0.3, 0.4) is 0 Å². The molecule has 1 amide bonds. The van der Waals surface area contributed by atoms with Crippen LogP contribution in [0.5, 0.6) is 0 Å². The highest BCUT2D eigenvalue weighted by Crippen LogP contribution is 2.15. The van der Waals surface area contributed by atoms with Gasteiger partial charge in [-0.05, 0) is 41.0 Å². The van der Waals surface area contributed by atoms with E-state index < -0.39 is 5.60 Å². The van der Waals surface area contributed by atoms with E-state index in [1.54, 1.807) is 16.2 Å². The Labute approximate surface area is 138 Å². The molecule has 126 valence electrons. The Kier molecular flexibility index (Phi) is 7.29. The highest BCUT2D eigenvalue weighted by atomic mass is 32.1. The Morgan fingerprint density at radius 1 is 1.45 bits per heavy atom. The third-order valence-electron chi connectivity index (χ3n) is 3.06. The Balaban J connectivity index is 2.45. The third-order valence-corrected chi connectivity index (χ3v) is 3.85. The number of amides is 1. The molecule has 0 saturated heterocycles. The first kappa shape index (κ1) is 18.9. The molecular weight excluding hydrogens is 298 g/mol. The highest BCUT2D eigenvalue weighted by Gasteiger charge is 2.21. The Hall–Kier alpha value is -1.14. The molecule has 1 atom stereocenters. The molecule has 1 unspecified atom stereocenters. The number of ether oxygens (including phenoxy) is 1. The van der Waals surface area contributed by atoms with Crippen LogP contribution in [0, 0.1) is 6.92 Å². The van der Waals surface area contributed by atoms with Crippen molar-refractivity contribution in [1.29, 1.82) is 0 Å². The van der Waals surface area contributed by atoms with E-state index in [9.17, 15) is 4.79 Å². The van der Waals surface area contributed by atoms with Gasteiger partial charge in [0.1, 0.15) is 5.60 Å². The van der Waals surface area contributed by atoms with Gasteiger partial charge in [0.2, 0.25) is 0 Å². The molecule has 0 bridgehead atoms. The first-order chi connectivity index (χ1) is 10.2. The summed E-state index contributed by atoms with van der Waals surface area (Å²) in [6.07, 6.45) is 0.674. The van der Waals surface area contributed by atoms with Crippen molar-refractivity contribution < 1.29 is 9.53 Å². The van der Waals surface area contributed by atoms with Crippen molar-refractivity contribution in [3.63, 3.8) is 0 Å². The summed E-state index contributed by atoms with van der Waals surface area (Å²) in [6.45, 7) is 13.9. The van der Waals surface area contributed by atoms with E-state index in [4.69, 9.17) is 4.74 Å². The maximum atomic E-state index is 12.2. The maximum absolute atomic E-state index is 12.2. The molecule has 0 fully saturated rings. The first-order valence-electron chi connectivity index (χ1n) is 7.86. The van der Waals surface area contributed by atoms with Crippen LogP contribution in [0.2, 0.25) is 0 Å². The van der Waals surface area contributed by atoms with E-state index in [1.165, 1.54) is 0 Å². The number of hydrogen-bond donors (Lipinski definition) is 1. The fourth-order valence-electron chi connectivity index (χ4n) is 1.99. The van der Waals surface area contributed by atoms with Crippen molar-refractivity contribution in [2.75, 3.05) is 19.6 Å². The number of nitrogens with one attached hydrogen (secondary N) is 1. The minimum Gasteiger partial charge on any atom is -0.444 e. The van der Waals surface area contributed by atoms with Crippen LogP contribution in [0.25, 0.3) is 0 Å². The van der Waals surface area contributed by atoms with Crippen LogP contribution in [-0.2, 0) is 4.74 Å². The summed E-state index contributed by atoms with van der Waals surface area (Å²) in [4.78, 5) is 18.4. The lowest BCUT2D eigenvalue weighted by Gasteiger charge is -2.27. The van der Waals surface area contributed by atoms with E-state index in [2.05, 4.69) is 29.5 Å². The lowest BCUT2D eigenvalue weighted by atomic mass is 10.2. The van der Waals surface area contributed by atoms with Gasteiger partial charge in [-0.15, -0.1) is 11.3 Å². The van der Waals surface area contributed by atoms with Crippen molar-refractivity contribution in [1.82, 2.24) is 15.2 Å². The Morgan fingerprint density at radius 3 is 2.64 bits per heavy atom. The topological polar surface area (TPSA) is 54.5 Å². The van der Waals surface area contributed by atoms with Crippen LogP contribution in [-0.4, -0.2) is 41.2 Å². The van der Waals surface area contributed by atoms with Gasteiger partial charge in [0.05, 0.1) is 10.7 Å².